The number of amides is 1. The summed E-state index contributed by atoms with van der Waals surface area (Å²) in [5, 5.41) is 12.1. The number of nitrogens with one attached hydrogen (secondary N) is 1. The molecular weight excluding hydrogens is 395 g/mol. The summed E-state index contributed by atoms with van der Waals surface area (Å²) in [6.07, 6.45) is 2.60. The van der Waals surface area contributed by atoms with E-state index in [0.29, 0.717) is 11.3 Å². The minimum Gasteiger partial charge on any atom is -0.481 e. The number of carbonyl (C=O) groups is 3. The van der Waals surface area contributed by atoms with Crippen LogP contribution < -0.4 is 5.32 Å². The van der Waals surface area contributed by atoms with E-state index >= 15 is 0 Å². The van der Waals surface area contributed by atoms with Gasteiger partial charge in [0, 0.05) is 18.1 Å². The van der Waals surface area contributed by atoms with E-state index in [1.54, 1.807) is 31.2 Å². The van der Waals surface area contributed by atoms with Crippen molar-refractivity contribution in [2.45, 2.75) is 13.3 Å². The predicted octanol–water partition coefficient (Wildman–Crippen LogP) is 3.45. The first-order valence-electron chi connectivity index (χ1n) is 7.92. The molecule has 0 radical (unpaired) electrons. The maximum atomic E-state index is 12.3. The summed E-state index contributed by atoms with van der Waals surface area (Å²) in [5.41, 5.74) is 1.16. The number of hydrogen-bond donors (Lipinski definition) is 2. The van der Waals surface area contributed by atoms with Crippen molar-refractivity contribution >= 4 is 46.7 Å². The quantitative estimate of drug-likeness (QED) is 0.534. The Bertz CT molecular complexity index is 835. The van der Waals surface area contributed by atoms with Crippen LogP contribution in [0.2, 0.25) is 10.0 Å². The molecule has 1 unspecified atom stereocenters. The van der Waals surface area contributed by atoms with Crippen molar-refractivity contribution in [3.05, 3.63) is 57.8 Å². The molecule has 2 aromatic rings. The smallest absolute Gasteiger partial charge is 0.320 e. The highest BCUT2D eigenvalue weighted by Gasteiger charge is 2.27. The number of carboxylic acid groups (broad SMARTS) is 1. The number of carboxylic acids is 1. The fourth-order valence-corrected chi connectivity index (χ4v) is 2.83. The van der Waals surface area contributed by atoms with Gasteiger partial charge in [-0.2, -0.15) is 0 Å². The second-order valence-corrected chi connectivity index (χ2v) is 6.29. The topological polar surface area (TPSA) is 106 Å². The van der Waals surface area contributed by atoms with E-state index in [1.165, 1.54) is 12.4 Å². The molecule has 1 heterocycles. The second kappa shape index (κ2) is 9.34. The Morgan fingerprint density at radius 1 is 1.15 bits per heavy atom. The van der Waals surface area contributed by atoms with Crippen LogP contribution in [-0.2, 0) is 20.7 Å². The van der Waals surface area contributed by atoms with E-state index in [-0.39, 0.29) is 28.6 Å². The number of benzene rings is 1. The molecule has 1 aromatic heterocycles. The van der Waals surface area contributed by atoms with Crippen molar-refractivity contribution in [2.75, 3.05) is 11.9 Å². The van der Waals surface area contributed by atoms with Gasteiger partial charge in [0.25, 0.3) is 5.91 Å². The highest BCUT2D eigenvalue weighted by atomic mass is 35.5. The standard InChI is InChI=1S/C18H16Cl2N2O5/c1-2-27-18(26)12(17(24)25)7-10-3-5-11(6-4-10)22-16(23)15-13(19)8-21-9-14(15)20/h3-6,8-9,12H,2,7H2,1H3,(H,22,23)(H,24,25). The number of rotatable bonds is 7. The number of esters is 1. The molecule has 2 N–H and O–H groups in total. The molecule has 27 heavy (non-hydrogen) atoms. The molecule has 1 aromatic carbocycles. The highest BCUT2D eigenvalue weighted by Crippen LogP contribution is 2.24. The predicted molar refractivity (Wildman–Crippen MR) is 100 cm³/mol. The second-order valence-electron chi connectivity index (χ2n) is 5.48. The lowest BCUT2D eigenvalue weighted by atomic mass is 9.99. The average Bonchev–Trinajstić information content (AvgIpc) is 2.60. The first-order valence-corrected chi connectivity index (χ1v) is 8.67. The molecule has 0 saturated heterocycles. The zero-order chi connectivity index (χ0) is 20.0. The fourth-order valence-electron chi connectivity index (χ4n) is 2.30. The summed E-state index contributed by atoms with van der Waals surface area (Å²) in [5.74, 6) is -3.84. The van der Waals surface area contributed by atoms with Crippen molar-refractivity contribution in [1.29, 1.82) is 0 Å². The fraction of sp³-hybridized carbons (Fsp3) is 0.222. The van der Waals surface area contributed by atoms with Gasteiger partial charge < -0.3 is 15.2 Å². The van der Waals surface area contributed by atoms with Crippen LogP contribution >= 0.6 is 23.2 Å². The summed E-state index contributed by atoms with van der Waals surface area (Å²) >= 11 is 11.9. The van der Waals surface area contributed by atoms with Gasteiger partial charge in [-0.05, 0) is 31.0 Å². The number of carbonyl (C=O) groups excluding carboxylic acids is 2. The lowest BCUT2D eigenvalue weighted by Gasteiger charge is -2.12. The van der Waals surface area contributed by atoms with Gasteiger partial charge in [-0.25, -0.2) is 0 Å². The Hall–Kier alpha value is -2.64. The lowest BCUT2D eigenvalue weighted by molar-refractivity contribution is -0.158. The minimum atomic E-state index is -1.29. The zero-order valence-electron chi connectivity index (χ0n) is 14.2. The molecule has 0 aliphatic rings. The molecule has 7 nitrogen and oxygen atoms in total. The molecule has 0 aliphatic heterocycles. The van der Waals surface area contributed by atoms with Crippen molar-refractivity contribution in [1.82, 2.24) is 4.98 Å². The molecule has 9 heteroatoms. The molecule has 0 fully saturated rings. The Morgan fingerprint density at radius 2 is 1.74 bits per heavy atom. The van der Waals surface area contributed by atoms with Gasteiger partial charge in [0.15, 0.2) is 5.92 Å². The molecule has 0 bridgehead atoms. The van der Waals surface area contributed by atoms with Crippen molar-refractivity contribution in [3.63, 3.8) is 0 Å². The van der Waals surface area contributed by atoms with Crippen LogP contribution in [0, 0.1) is 5.92 Å². The Balaban J connectivity index is 2.09. The Morgan fingerprint density at radius 3 is 2.26 bits per heavy atom. The number of anilines is 1. The van der Waals surface area contributed by atoms with Gasteiger partial charge in [0.05, 0.1) is 22.2 Å². The van der Waals surface area contributed by atoms with Gasteiger partial charge in [-0.15, -0.1) is 0 Å². The van der Waals surface area contributed by atoms with Crippen molar-refractivity contribution < 1.29 is 24.2 Å². The maximum Gasteiger partial charge on any atom is 0.320 e. The summed E-state index contributed by atoms with van der Waals surface area (Å²) in [7, 11) is 0. The number of aliphatic carboxylic acids is 1. The van der Waals surface area contributed by atoms with E-state index in [4.69, 9.17) is 27.9 Å². The van der Waals surface area contributed by atoms with Crippen LogP contribution in [0.1, 0.15) is 22.8 Å². The highest BCUT2D eigenvalue weighted by molar-refractivity contribution is 6.40. The maximum absolute atomic E-state index is 12.3. The molecule has 2 rings (SSSR count). The van der Waals surface area contributed by atoms with Crippen LogP contribution in [0.4, 0.5) is 5.69 Å². The average molecular weight is 411 g/mol. The third-order valence-corrected chi connectivity index (χ3v) is 4.17. The van der Waals surface area contributed by atoms with Crippen LogP contribution in [0.15, 0.2) is 36.7 Å². The molecule has 0 aliphatic carbocycles. The Labute approximate surface area is 165 Å². The number of nitrogens with zero attached hydrogens (tertiary/aromatic N) is 1. The number of pyridine rings is 1. The summed E-state index contributed by atoms with van der Waals surface area (Å²) in [4.78, 5) is 39.1. The van der Waals surface area contributed by atoms with E-state index in [2.05, 4.69) is 10.3 Å². The van der Waals surface area contributed by atoms with Gasteiger partial charge in [0.2, 0.25) is 0 Å². The molecule has 1 amide bonds. The molecule has 0 saturated carbocycles. The van der Waals surface area contributed by atoms with Gasteiger partial charge in [-0.1, -0.05) is 35.3 Å². The monoisotopic (exact) mass is 410 g/mol. The number of halogens is 2. The minimum absolute atomic E-state index is 0.0234. The summed E-state index contributed by atoms with van der Waals surface area (Å²) < 4.78 is 4.78. The van der Waals surface area contributed by atoms with E-state index in [0.717, 1.165) is 0 Å². The van der Waals surface area contributed by atoms with Crippen LogP contribution in [0.5, 0.6) is 0 Å². The SMILES string of the molecule is CCOC(=O)C(Cc1ccc(NC(=O)c2c(Cl)cncc2Cl)cc1)C(=O)O. The first-order chi connectivity index (χ1) is 12.8. The molecule has 0 spiro atoms. The first kappa shape index (κ1) is 20.7. The van der Waals surface area contributed by atoms with Gasteiger partial charge in [-0.3, -0.25) is 19.4 Å². The number of ether oxygens (including phenoxy) is 1. The van der Waals surface area contributed by atoms with Crippen molar-refractivity contribution in [2.24, 2.45) is 5.92 Å². The lowest BCUT2D eigenvalue weighted by Crippen LogP contribution is -2.27. The summed E-state index contributed by atoms with van der Waals surface area (Å²) in [6.45, 7) is 1.71. The molecular formula is C18H16Cl2N2O5. The molecule has 1 atom stereocenters. The van der Waals surface area contributed by atoms with Gasteiger partial charge >= 0.3 is 11.9 Å². The normalized spacial score (nSPS) is 11.5. The van der Waals surface area contributed by atoms with Crippen molar-refractivity contribution in [3.8, 4) is 0 Å². The molecule has 142 valence electrons. The third-order valence-electron chi connectivity index (χ3n) is 3.60. The van der Waals surface area contributed by atoms with Gasteiger partial charge in [0.1, 0.15) is 0 Å². The van der Waals surface area contributed by atoms with Crippen LogP contribution in [0.25, 0.3) is 0 Å². The Kier molecular flexibility index (Phi) is 7.15. The third kappa shape index (κ3) is 5.42. The number of aromatic nitrogens is 1. The van der Waals surface area contributed by atoms with E-state index in [1.807, 2.05) is 0 Å². The largest absolute Gasteiger partial charge is 0.481 e. The van der Waals surface area contributed by atoms with E-state index in [9.17, 15) is 19.5 Å². The zero-order valence-corrected chi connectivity index (χ0v) is 15.8. The number of hydrogen-bond acceptors (Lipinski definition) is 5. The summed E-state index contributed by atoms with van der Waals surface area (Å²) in [6, 6.07) is 6.39. The van der Waals surface area contributed by atoms with Crippen LogP contribution in [-0.4, -0.2) is 34.5 Å². The van der Waals surface area contributed by atoms with Crippen LogP contribution in [0.3, 0.4) is 0 Å². The van der Waals surface area contributed by atoms with E-state index < -0.39 is 23.8 Å².